The van der Waals surface area contributed by atoms with Crippen molar-refractivity contribution >= 4 is 11.9 Å². The van der Waals surface area contributed by atoms with Crippen molar-refractivity contribution in [1.29, 1.82) is 0 Å². The highest BCUT2D eigenvalue weighted by Gasteiger charge is 2.15. The van der Waals surface area contributed by atoms with E-state index in [1.54, 1.807) is 36.5 Å². The highest BCUT2D eigenvalue weighted by molar-refractivity contribution is 5.69. The summed E-state index contributed by atoms with van der Waals surface area (Å²) in [4.78, 5) is 24.0. The Morgan fingerprint density at radius 3 is 1.40 bits per heavy atom. The molecule has 0 fully saturated rings. The van der Waals surface area contributed by atoms with Crippen molar-refractivity contribution in [3.05, 3.63) is 48.6 Å². The molecule has 0 aromatic heterocycles. The molecule has 0 aliphatic heterocycles. The Labute approximate surface area is 324 Å². The van der Waals surface area contributed by atoms with E-state index in [1.807, 2.05) is 6.08 Å². The Hall–Kier alpha value is -2.26. The van der Waals surface area contributed by atoms with E-state index in [2.05, 4.69) is 20.8 Å². The fourth-order valence-corrected chi connectivity index (χ4v) is 5.95. The van der Waals surface area contributed by atoms with Crippen LogP contribution in [0, 0.1) is 5.92 Å². The van der Waals surface area contributed by atoms with Gasteiger partial charge in [-0.15, -0.1) is 0 Å². The van der Waals surface area contributed by atoms with Crippen molar-refractivity contribution in [3.8, 4) is 0 Å². The van der Waals surface area contributed by atoms with Crippen LogP contribution >= 0.6 is 0 Å². The topological polar surface area (TPSA) is 134 Å². The standard InChI is InChI=1S/C45H80O8/c1-4-5-24-31-40(46)32-26-21-18-19-22-27-33-42(48)43(49)34-29-36-45(51)53-38-41(47)37-52-44(50)35-28-23-17-15-13-11-9-7-6-8-10-12-14-16-20-25-30-39(2)3/h18-19,21-22,26-27,32-33,39-43,46-49H,4-17,20,23-25,28-31,34-38H2,1-3H3/b21-18-,22-19+,32-26+,33-27+/t40-,41+,42-,43-/m1/s1. The molecule has 0 unspecified atom stereocenters. The third kappa shape index (κ3) is 37.8. The number of hydrogen-bond acceptors (Lipinski definition) is 8. The number of unbranched alkanes of at least 4 members (excludes halogenated alkanes) is 17. The van der Waals surface area contributed by atoms with E-state index in [0.29, 0.717) is 12.8 Å². The summed E-state index contributed by atoms with van der Waals surface area (Å²) in [6, 6.07) is 0. The van der Waals surface area contributed by atoms with Crippen molar-refractivity contribution < 1.29 is 39.5 Å². The average Bonchev–Trinajstić information content (AvgIpc) is 3.13. The van der Waals surface area contributed by atoms with Crippen LogP contribution in [0.25, 0.3) is 0 Å². The smallest absolute Gasteiger partial charge is 0.305 e. The van der Waals surface area contributed by atoms with Gasteiger partial charge in [0.2, 0.25) is 0 Å². The van der Waals surface area contributed by atoms with Gasteiger partial charge in [0, 0.05) is 12.8 Å². The second-order valence-electron chi connectivity index (χ2n) is 15.2. The number of hydrogen-bond donors (Lipinski definition) is 4. The molecule has 0 saturated carbocycles. The lowest BCUT2D eigenvalue weighted by atomic mass is 10.0. The summed E-state index contributed by atoms with van der Waals surface area (Å²) in [7, 11) is 0. The summed E-state index contributed by atoms with van der Waals surface area (Å²) in [5.41, 5.74) is 0. The van der Waals surface area contributed by atoms with Gasteiger partial charge in [-0.25, -0.2) is 0 Å². The van der Waals surface area contributed by atoms with E-state index in [0.717, 1.165) is 50.9 Å². The molecule has 0 spiro atoms. The van der Waals surface area contributed by atoms with Gasteiger partial charge in [-0.05, 0) is 31.6 Å². The number of carbonyl (C=O) groups excluding carboxylic acids is 2. The molecule has 0 radical (unpaired) electrons. The predicted molar refractivity (Wildman–Crippen MR) is 218 cm³/mol. The molecule has 0 aromatic carbocycles. The van der Waals surface area contributed by atoms with Gasteiger partial charge in [-0.1, -0.05) is 191 Å². The average molecular weight is 749 g/mol. The van der Waals surface area contributed by atoms with Crippen LogP contribution in [-0.2, 0) is 19.1 Å². The molecule has 0 amide bonds. The van der Waals surface area contributed by atoms with Gasteiger partial charge in [-0.3, -0.25) is 9.59 Å². The minimum absolute atomic E-state index is 0.0322. The quantitative estimate of drug-likeness (QED) is 0.0280. The molecule has 8 nitrogen and oxygen atoms in total. The molecule has 8 heteroatoms. The Morgan fingerprint density at radius 2 is 0.906 bits per heavy atom. The van der Waals surface area contributed by atoms with Gasteiger partial charge >= 0.3 is 11.9 Å². The van der Waals surface area contributed by atoms with Gasteiger partial charge in [0.05, 0.1) is 18.3 Å². The molecule has 4 atom stereocenters. The summed E-state index contributed by atoms with van der Waals surface area (Å²) in [6.45, 7) is 6.27. The van der Waals surface area contributed by atoms with Crippen LogP contribution in [0.1, 0.15) is 181 Å². The Bertz CT molecular complexity index is 956. The summed E-state index contributed by atoms with van der Waals surface area (Å²) in [5, 5.41) is 40.2. The summed E-state index contributed by atoms with van der Waals surface area (Å²) in [6.07, 6.45) is 36.9. The van der Waals surface area contributed by atoms with E-state index in [-0.39, 0.29) is 32.0 Å². The number of ether oxygens (including phenoxy) is 2. The number of allylic oxidation sites excluding steroid dienone is 6. The van der Waals surface area contributed by atoms with Crippen LogP contribution in [0.5, 0.6) is 0 Å². The lowest BCUT2D eigenvalue weighted by Crippen LogP contribution is -2.26. The second-order valence-corrected chi connectivity index (χ2v) is 15.2. The van der Waals surface area contributed by atoms with Crippen LogP contribution in [0.3, 0.4) is 0 Å². The number of aliphatic hydroxyl groups is 4. The molecule has 4 N–H and O–H groups in total. The maximum absolute atomic E-state index is 12.0. The van der Waals surface area contributed by atoms with Crippen molar-refractivity contribution in [2.75, 3.05) is 13.2 Å². The maximum Gasteiger partial charge on any atom is 0.305 e. The molecule has 0 aliphatic carbocycles. The number of esters is 2. The van der Waals surface area contributed by atoms with Crippen LogP contribution in [0.4, 0.5) is 0 Å². The zero-order valence-corrected chi connectivity index (χ0v) is 34.0. The number of aliphatic hydroxyl groups excluding tert-OH is 4. The van der Waals surface area contributed by atoms with Gasteiger partial charge in [0.25, 0.3) is 0 Å². The van der Waals surface area contributed by atoms with Crippen molar-refractivity contribution in [2.24, 2.45) is 5.92 Å². The Balaban J connectivity index is 3.71. The molecule has 308 valence electrons. The van der Waals surface area contributed by atoms with E-state index in [9.17, 15) is 30.0 Å². The monoisotopic (exact) mass is 749 g/mol. The van der Waals surface area contributed by atoms with E-state index in [4.69, 9.17) is 9.47 Å². The Kier molecular flexibility index (Phi) is 36.4. The van der Waals surface area contributed by atoms with Gasteiger partial charge in [0.15, 0.2) is 0 Å². The van der Waals surface area contributed by atoms with Crippen molar-refractivity contribution in [3.63, 3.8) is 0 Å². The van der Waals surface area contributed by atoms with Crippen molar-refractivity contribution in [1.82, 2.24) is 0 Å². The highest BCUT2D eigenvalue weighted by Crippen LogP contribution is 2.16. The lowest BCUT2D eigenvalue weighted by Gasteiger charge is -2.14. The predicted octanol–water partition coefficient (Wildman–Crippen LogP) is 10.2. The normalized spacial score (nSPS) is 14.6. The fraction of sp³-hybridized carbons (Fsp3) is 0.778. The van der Waals surface area contributed by atoms with Crippen molar-refractivity contribution in [2.45, 2.75) is 206 Å². The first kappa shape index (κ1) is 50.7. The van der Waals surface area contributed by atoms with Crippen LogP contribution in [0.2, 0.25) is 0 Å². The Morgan fingerprint density at radius 1 is 0.491 bits per heavy atom. The minimum Gasteiger partial charge on any atom is -0.463 e. The molecule has 0 rings (SSSR count). The zero-order chi connectivity index (χ0) is 39.2. The molecule has 0 aliphatic rings. The largest absolute Gasteiger partial charge is 0.463 e. The van der Waals surface area contributed by atoms with Crippen LogP contribution in [-0.4, -0.2) is 70.0 Å². The minimum atomic E-state index is -1.09. The first-order valence-electron chi connectivity index (χ1n) is 21.4. The van der Waals surface area contributed by atoms with Gasteiger partial charge in [-0.2, -0.15) is 0 Å². The molecule has 0 heterocycles. The molecule has 0 aromatic rings. The van der Waals surface area contributed by atoms with Crippen LogP contribution < -0.4 is 0 Å². The van der Waals surface area contributed by atoms with E-state index < -0.39 is 30.4 Å². The third-order valence-electron chi connectivity index (χ3n) is 9.36. The second kappa shape index (κ2) is 38.0. The maximum atomic E-state index is 12.0. The van der Waals surface area contributed by atoms with E-state index >= 15 is 0 Å². The molecular weight excluding hydrogens is 668 g/mol. The third-order valence-corrected chi connectivity index (χ3v) is 9.36. The lowest BCUT2D eigenvalue weighted by molar-refractivity contribution is -0.152. The molecular formula is C45H80O8. The SMILES string of the molecule is CCCCC[C@@H](O)/C=C/C=C\C=C\C=C\[C@@H](O)[C@H](O)CCCC(=O)OC[C@@H](O)COC(=O)CCCCCCCCCCCCCCCCCCC(C)C. The van der Waals surface area contributed by atoms with Crippen LogP contribution in [0.15, 0.2) is 48.6 Å². The summed E-state index contributed by atoms with van der Waals surface area (Å²) >= 11 is 0. The number of rotatable bonds is 37. The molecule has 0 saturated heterocycles. The molecule has 0 bridgehead atoms. The zero-order valence-electron chi connectivity index (χ0n) is 34.0. The highest BCUT2D eigenvalue weighted by atomic mass is 16.6. The van der Waals surface area contributed by atoms with Gasteiger partial charge in [0.1, 0.15) is 19.3 Å². The first-order valence-corrected chi connectivity index (χ1v) is 21.4. The molecule has 53 heavy (non-hydrogen) atoms. The first-order chi connectivity index (χ1) is 25.6. The van der Waals surface area contributed by atoms with E-state index in [1.165, 1.54) is 96.0 Å². The van der Waals surface area contributed by atoms with Gasteiger partial charge < -0.3 is 29.9 Å². The summed E-state index contributed by atoms with van der Waals surface area (Å²) in [5.74, 6) is -0.0356. The fourth-order valence-electron chi connectivity index (χ4n) is 5.95. The number of carbonyl (C=O) groups is 2. The summed E-state index contributed by atoms with van der Waals surface area (Å²) < 4.78 is 10.2.